The van der Waals surface area contributed by atoms with Crippen molar-refractivity contribution in [1.82, 2.24) is 10.6 Å². The average molecular weight is 428 g/mol. The molecule has 0 aromatic heterocycles. The highest BCUT2D eigenvalue weighted by molar-refractivity contribution is 6.32. The molecule has 0 spiro atoms. The lowest BCUT2D eigenvalue weighted by atomic mass is 10.0. The Kier molecular flexibility index (Phi) is 11.0. The van der Waals surface area contributed by atoms with E-state index >= 15 is 0 Å². The Morgan fingerprint density at radius 1 is 1.28 bits per heavy atom. The molecule has 7 nitrogen and oxygen atoms in total. The van der Waals surface area contributed by atoms with Gasteiger partial charge in [-0.3, -0.25) is 4.99 Å². The first kappa shape index (κ1) is 23.6. The van der Waals surface area contributed by atoms with E-state index in [4.69, 9.17) is 30.5 Å². The molecule has 0 amide bonds. The van der Waals surface area contributed by atoms with Gasteiger partial charge in [-0.25, -0.2) is 0 Å². The van der Waals surface area contributed by atoms with Crippen LogP contribution < -0.4 is 20.1 Å². The smallest absolute Gasteiger partial charge is 0.191 e. The summed E-state index contributed by atoms with van der Waals surface area (Å²) in [6.45, 7) is 7.11. The fourth-order valence-electron chi connectivity index (χ4n) is 3.11. The quantitative estimate of drug-likeness (QED) is 0.321. The Morgan fingerprint density at radius 3 is 2.76 bits per heavy atom. The van der Waals surface area contributed by atoms with Crippen molar-refractivity contribution in [3.8, 4) is 11.5 Å². The predicted octanol–water partition coefficient (Wildman–Crippen LogP) is 3.25. The summed E-state index contributed by atoms with van der Waals surface area (Å²) < 4.78 is 22.1. The first-order chi connectivity index (χ1) is 14.2. The molecule has 29 heavy (non-hydrogen) atoms. The molecule has 1 aliphatic heterocycles. The molecule has 0 unspecified atom stereocenters. The maximum Gasteiger partial charge on any atom is 0.191 e. The molecule has 0 atom stereocenters. The van der Waals surface area contributed by atoms with Crippen LogP contribution in [0.15, 0.2) is 17.1 Å². The molecule has 1 saturated heterocycles. The Labute approximate surface area is 179 Å². The lowest BCUT2D eigenvalue weighted by Crippen LogP contribution is -2.37. The van der Waals surface area contributed by atoms with E-state index in [2.05, 4.69) is 15.6 Å². The highest BCUT2D eigenvalue weighted by Crippen LogP contribution is 2.36. The molecule has 2 N–H and O–H groups in total. The second-order valence-electron chi connectivity index (χ2n) is 6.88. The molecule has 0 aliphatic carbocycles. The Balaban J connectivity index is 1.68. The highest BCUT2D eigenvalue weighted by Gasteiger charge is 2.14. The van der Waals surface area contributed by atoms with Gasteiger partial charge in [0.05, 0.1) is 18.7 Å². The van der Waals surface area contributed by atoms with Gasteiger partial charge in [-0.2, -0.15) is 0 Å². The van der Waals surface area contributed by atoms with E-state index in [1.54, 1.807) is 14.2 Å². The van der Waals surface area contributed by atoms with Gasteiger partial charge in [0.1, 0.15) is 0 Å². The number of halogens is 1. The van der Waals surface area contributed by atoms with Crippen molar-refractivity contribution in [3.63, 3.8) is 0 Å². The number of hydrogen-bond donors (Lipinski definition) is 2. The minimum atomic E-state index is 0.531. The number of benzene rings is 1. The van der Waals surface area contributed by atoms with E-state index in [1.165, 1.54) is 0 Å². The van der Waals surface area contributed by atoms with E-state index in [0.29, 0.717) is 35.6 Å². The van der Waals surface area contributed by atoms with Gasteiger partial charge in [-0.05, 0) is 49.8 Å². The summed E-state index contributed by atoms with van der Waals surface area (Å²) in [4.78, 5) is 4.26. The molecular weight excluding hydrogens is 394 g/mol. The zero-order valence-corrected chi connectivity index (χ0v) is 18.5. The lowest BCUT2D eigenvalue weighted by molar-refractivity contribution is 0.0203. The van der Waals surface area contributed by atoms with Gasteiger partial charge < -0.3 is 29.6 Å². The van der Waals surface area contributed by atoms with E-state index in [9.17, 15) is 0 Å². The summed E-state index contributed by atoms with van der Waals surface area (Å²) in [5, 5.41) is 7.13. The maximum atomic E-state index is 6.33. The summed E-state index contributed by atoms with van der Waals surface area (Å²) in [7, 11) is 3.36. The van der Waals surface area contributed by atoms with Crippen molar-refractivity contribution in [1.29, 1.82) is 0 Å². The van der Waals surface area contributed by atoms with Crippen molar-refractivity contribution in [3.05, 3.63) is 22.7 Å². The molecule has 164 valence electrons. The summed E-state index contributed by atoms with van der Waals surface area (Å²) in [6, 6.07) is 3.79. The van der Waals surface area contributed by atoms with Crippen LogP contribution in [0.1, 0.15) is 31.7 Å². The van der Waals surface area contributed by atoms with E-state index in [0.717, 1.165) is 63.8 Å². The summed E-state index contributed by atoms with van der Waals surface area (Å²) >= 11 is 6.33. The molecule has 0 radical (unpaired) electrons. The third kappa shape index (κ3) is 8.28. The number of aliphatic imine (C=N–C) groups is 1. The Bertz CT molecular complexity index is 637. The molecule has 1 aromatic carbocycles. The molecule has 1 heterocycles. The number of rotatable bonds is 11. The topological polar surface area (TPSA) is 73.3 Å². The second-order valence-corrected chi connectivity index (χ2v) is 7.29. The molecule has 1 fully saturated rings. The van der Waals surface area contributed by atoms with Crippen molar-refractivity contribution < 1.29 is 18.9 Å². The number of ether oxygens (including phenoxy) is 4. The molecule has 8 heteroatoms. The Hall–Kier alpha value is -1.70. The van der Waals surface area contributed by atoms with Gasteiger partial charge in [0, 0.05) is 46.6 Å². The third-order valence-corrected chi connectivity index (χ3v) is 4.99. The number of nitrogens with zero attached hydrogens (tertiary/aromatic N) is 1. The van der Waals surface area contributed by atoms with Crippen LogP contribution in [0.2, 0.25) is 5.02 Å². The Morgan fingerprint density at radius 2 is 2.07 bits per heavy atom. The first-order valence-electron chi connectivity index (χ1n) is 10.3. The van der Waals surface area contributed by atoms with Crippen molar-refractivity contribution >= 4 is 17.6 Å². The van der Waals surface area contributed by atoms with Crippen molar-refractivity contribution in [2.24, 2.45) is 10.9 Å². The zero-order chi connectivity index (χ0) is 20.9. The maximum absolute atomic E-state index is 6.33. The van der Waals surface area contributed by atoms with Crippen molar-refractivity contribution in [2.75, 3.05) is 53.7 Å². The van der Waals surface area contributed by atoms with E-state index in [1.807, 2.05) is 19.1 Å². The van der Waals surface area contributed by atoms with Crippen LogP contribution in [0.5, 0.6) is 11.5 Å². The van der Waals surface area contributed by atoms with E-state index in [-0.39, 0.29) is 0 Å². The fraction of sp³-hybridized carbons (Fsp3) is 0.667. The number of hydrogen-bond acceptors (Lipinski definition) is 5. The van der Waals surface area contributed by atoms with Gasteiger partial charge >= 0.3 is 0 Å². The normalized spacial score (nSPS) is 15.2. The minimum Gasteiger partial charge on any atom is -0.493 e. The highest BCUT2D eigenvalue weighted by atomic mass is 35.5. The summed E-state index contributed by atoms with van der Waals surface area (Å²) in [6.07, 6.45) is 3.14. The largest absolute Gasteiger partial charge is 0.493 e. The van der Waals surface area contributed by atoms with Gasteiger partial charge in [0.15, 0.2) is 17.5 Å². The van der Waals surface area contributed by atoms with Crippen LogP contribution >= 0.6 is 11.6 Å². The van der Waals surface area contributed by atoms with Crippen LogP contribution in [-0.2, 0) is 16.0 Å². The van der Waals surface area contributed by atoms with Gasteiger partial charge in [-0.1, -0.05) is 11.6 Å². The second kappa shape index (κ2) is 13.5. The number of guanidine groups is 1. The average Bonchev–Trinajstić information content (AvgIpc) is 2.75. The summed E-state index contributed by atoms with van der Waals surface area (Å²) in [5.41, 5.74) is 0.984. The molecule has 1 aromatic rings. The SMILES string of the molecule is CCOc1c(Cl)cc(CNC(=NC)NCCCOCC2CCOCC2)cc1OC. The van der Waals surface area contributed by atoms with Gasteiger partial charge in [-0.15, -0.1) is 0 Å². The predicted molar refractivity (Wildman–Crippen MR) is 116 cm³/mol. The van der Waals surface area contributed by atoms with Crippen LogP contribution in [0.3, 0.4) is 0 Å². The summed E-state index contributed by atoms with van der Waals surface area (Å²) in [5.74, 6) is 2.58. The minimum absolute atomic E-state index is 0.531. The van der Waals surface area contributed by atoms with Gasteiger partial charge in [0.25, 0.3) is 0 Å². The van der Waals surface area contributed by atoms with Crippen LogP contribution in [0.4, 0.5) is 0 Å². The zero-order valence-electron chi connectivity index (χ0n) is 17.8. The van der Waals surface area contributed by atoms with E-state index < -0.39 is 0 Å². The molecule has 1 aliphatic rings. The molecular formula is C21H34ClN3O4. The first-order valence-corrected chi connectivity index (χ1v) is 10.6. The molecule has 0 saturated carbocycles. The van der Waals surface area contributed by atoms with Crippen LogP contribution in [-0.4, -0.2) is 59.7 Å². The molecule has 0 bridgehead atoms. The van der Waals surface area contributed by atoms with Crippen LogP contribution in [0.25, 0.3) is 0 Å². The standard InChI is InChI=1S/C21H34ClN3O4/c1-4-29-20-18(22)12-17(13-19(20)26-3)14-25-21(23-2)24-8-5-9-28-15-16-6-10-27-11-7-16/h12-13,16H,4-11,14-15H2,1-3H3,(H2,23,24,25). The van der Waals surface area contributed by atoms with Crippen molar-refractivity contribution in [2.45, 2.75) is 32.7 Å². The van der Waals surface area contributed by atoms with Crippen LogP contribution in [0, 0.1) is 5.92 Å². The monoisotopic (exact) mass is 427 g/mol. The number of nitrogens with one attached hydrogen (secondary N) is 2. The fourth-order valence-corrected chi connectivity index (χ4v) is 3.40. The third-order valence-electron chi connectivity index (χ3n) is 4.71. The number of methoxy groups -OCH3 is 1. The lowest BCUT2D eigenvalue weighted by Gasteiger charge is -2.21. The molecule has 2 rings (SSSR count). The van der Waals surface area contributed by atoms with Gasteiger partial charge in [0.2, 0.25) is 0 Å².